The zero-order valence-corrected chi connectivity index (χ0v) is 28.9. The molecule has 0 radical (unpaired) electrons. The standard InChI is InChI=1S/C26H19ClF2N8O2S.C8H11F2N/c1-10(11-4-3-5-33-23(11)31)37-6-7-39-21-16-20(35-26(38-2)36-25(16)37)18(29)15(17(21)27)19-14-12(8-30)24(32)40-22(14)13(28)9-34-19;9-8(10)5-7(8)4-6-2-1-3-11(6)7/h3-5,9-10H,6-7,32H2,1-2H3,(H2,31,33);6H,1-5H2/t10-;/m1./s1. The molecular weight excluding hydrogens is 710 g/mol. The topological polar surface area (TPSA) is 152 Å². The maximum absolute atomic E-state index is 16.6. The third-order valence-corrected chi connectivity index (χ3v) is 11.8. The number of hydrogen-bond acceptors (Lipinski definition) is 12. The molecule has 3 atom stereocenters. The summed E-state index contributed by atoms with van der Waals surface area (Å²) >= 11 is 7.71. The van der Waals surface area contributed by atoms with E-state index in [2.05, 4.69) is 19.9 Å². The Bertz CT molecular complexity index is 2300. The molecule has 3 aliphatic heterocycles. The van der Waals surface area contributed by atoms with Crippen molar-refractivity contribution in [3.63, 3.8) is 0 Å². The number of fused-ring (bicyclic) bond motifs is 3. The van der Waals surface area contributed by atoms with E-state index < -0.39 is 23.1 Å². The highest BCUT2D eigenvalue weighted by atomic mass is 35.5. The summed E-state index contributed by atoms with van der Waals surface area (Å²) in [5.41, 5.74) is 11.8. The number of halogens is 5. The Hall–Kier alpha value is -4.72. The number of thiophene rings is 1. The van der Waals surface area contributed by atoms with E-state index in [1.165, 1.54) is 7.11 Å². The number of rotatable bonds is 4. The van der Waals surface area contributed by atoms with Gasteiger partial charge in [0, 0.05) is 29.6 Å². The number of nitrogen functional groups attached to an aromatic ring is 2. The van der Waals surface area contributed by atoms with Crippen LogP contribution in [0.25, 0.3) is 32.2 Å². The molecule has 1 spiro atoms. The molecule has 0 amide bonds. The van der Waals surface area contributed by atoms with E-state index in [-0.39, 0.29) is 78.7 Å². The van der Waals surface area contributed by atoms with Crippen molar-refractivity contribution in [1.82, 2.24) is 24.8 Å². The predicted octanol–water partition coefficient (Wildman–Crippen LogP) is 6.87. The number of anilines is 3. The Morgan fingerprint density at radius 1 is 1.20 bits per heavy atom. The molecule has 17 heteroatoms. The Kier molecular flexibility index (Phi) is 7.82. The van der Waals surface area contributed by atoms with Crippen LogP contribution >= 0.6 is 22.9 Å². The molecule has 1 saturated carbocycles. The molecule has 9 rings (SSSR count). The average Bonchev–Trinajstić information content (AvgIpc) is 3.35. The van der Waals surface area contributed by atoms with E-state index in [9.17, 15) is 18.4 Å². The number of pyridine rings is 2. The minimum Gasteiger partial charge on any atom is -0.489 e. The first kappa shape index (κ1) is 33.4. The summed E-state index contributed by atoms with van der Waals surface area (Å²) in [7, 11) is 1.36. The summed E-state index contributed by atoms with van der Waals surface area (Å²) in [6, 6.07) is 5.64. The fourth-order valence-corrected chi connectivity index (χ4v) is 9.05. The molecule has 1 aliphatic carbocycles. The van der Waals surface area contributed by atoms with Crippen molar-refractivity contribution in [3.8, 4) is 29.1 Å². The van der Waals surface area contributed by atoms with Crippen LogP contribution in [0.15, 0.2) is 24.5 Å². The van der Waals surface area contributed by atoms with Gasteiger partial charge < -0.3 is 25.8 Å². The van der Waals surface area contributed by atoms with Crippen LogP contribution in [0.1, 0.15) is 49.8 Å². The number of nitrogens with two attached hydrogens (primary N) is 2. The molecule has 3 fully saturated rings. The molecule has 4 aromatic heterocycles. The lowest BCUT2D eigenvalue weighted by Crippen LogP contribution is -2.57. The maximum atomic E-state index is 16.6. The Labute approximate surface area is 297 Å². The number of alkyl halides is 2. The molecule has 4 aliphatic rings. The minimum atomic E-state index is -2.34. The van der Waals surface area contributed by atoms with Gasteiger partial charge in [-0.2, -0.15) is 15.2 Å². The van der Waals surface area contributed by atoms with Gasteiger partial charge in [-0.25, -0.2) is 22.5 Å². The summed E-state index contributed by atoms with van der Waals surface area (Å²) in [5.74, 6) is -3.15. The summed E-state index contributed by atoms with van der Waals surface area (Å²) < 4.78 is 68.4. The van der Waals surface area contributed by atoms with Gasteiger partial charge in [0.05, 0.1) is 63.4 Å². The van der Waals surface area contributed by atoms with Gasteiger partial charge in [0.2, 0.25) is 0 Å². The second-order valence-corrected chi connectivity index (χ2v) is 14.4. The number of nitrogens with zero attached hydrogens (tertiary/aromatic N) is 7. The highest BCUT2D eigenvalue weighted by Crippen LogP contribution is 2.67. The molecule has 2 saturated heterocycles. The van der Waals surface area contributed by atoms with Crippen LogP contribution in [0, 0.1) is 23.0 Å². The van der Waals surface area contributed by atoms with E-state index in [0.29, 0.717) is 24.2 Å². The van der Waals surface area contributed by atoms with Crippen LogP contribution in [-0.4, -0.2) is 69.1 Å². The lowest BCUT2D eigenvalue weighted by molar-refractivity contribution is -0.0543. The van der Waals surface area contributed by atoms with Crippen LogP contribution < -0.4 is 25.8 Å². The van der Waals surface area contributed by atoms with Crippen LogP contribution in [-0.2, 0) is 0 Å². The first-order valence-corrected chi connectivity index (χ1v) is 17.4. The predicted molar refractivity (Wildman–Crippen MR) is 185 cm³/mol. The molecule has 11 nitrogen and oxygen atoms in total. The van der Waals surface area contributed by atoms with Crippen molar-refractivity contribution in [2.75, 3.05) is 43.2 Å². The van der Waals surface area contributed by atoms with E-state index in [0.717, 1.165) is 48.9 Å². The summed E-state index contributed by atoms with van der Waals surface area (Å²) in [6.45, 7) is 3.30. The van der Waals surface area contributed by atoms with Crippen LogP contribution in [0.5, 0.6) is 11.8 Å². The Morgan fingerprint density at radius 3 is 2.67 bits per heavy atom. The zero-order chi connectivity index (χ0) is 36.0. The Morgan fingerprint density at radius 2 is 1.98 bits per heavy atom. The minimum absolute atomic E-state index is 0.0284. The van der Waals surface area contributed by atoms with Crippen LogP contribution in [0.2, 0.25) is 5.02 Å². The van der Waals surface area contributed by atoms with Gasteiger partial charge >= 0.3 is 6.01 Å². The second-order valence-electron chi connectivity index (χ2n) is 13.0. The van der Waals surface area contributed by atoms with Gasteiger partial charge in [-0.15, -0.1) is 11.3 Å². The van der Waals surface area contributed by atoms with Crippen molar-refractivity contribution in [3.05, 3.63) is 52.3 Å². The SMILES string of the molecule is COc1nc2c3c(c(Cl)c(-c4ncc(F)c5sc(N)c(C#N)c45)c(F)c3n1)OCCN2[C@H](C)c1cccnc1N.FC1(F)CC12CC1CCCN12. The molecule has 264 valence electrons. The Balaban J connectivity index is 0.000000285. The monoisotopic (exact) mass is 739 g/mol. The van der Waals surface area contributed by atoms with E-state index >= 15 is 4.39 Å². The van der Waals surface area contributed by atoms with E-state index in [1.54, 1.807) is 12.3 Å². The lowest BCUT2D eigenvalue weighted by atomic mass is 9.91. The third-order valence-electron chi connectivity index (χ3n) is 10.4. The zero-order valence-electron chi connectivity index (χ0n) is 27.3. The molecule has 4 N–H and O–H groups in total. The number of ether oxygens (including phenoxy) is 2. The largest absolute Gasteiger partial charge is 0.489 e. The van der Waals surface area contributed by atoms with Crippen molar-refractivity contribution in [1.29, 1.82) is 5.26 Å². The molecule has 2 unspecified atom stereocenters. The van der Waals surface area contributed by atoms with Gasteiger partial charge in [-0.1, -0.05) is 17.7 Å². The maximum Gasteiger partial charge on any atom is 0.318 e. The summed E-state index contributed by atoms with van der Waals surface area (Å²) in [5, 5.41) is 9.94. The van der Waals surface area contributed by atoms with Gasteiger partial charge in [-0.3, -0.25) is 9.88 Å². The third kappa shape index (κ3) is 4.92. The summed E-state index contributed by atoms with van der Waals surface area (Å²) in [4.78, 5) is 21.1. The molecule has 0 bridgehead atoms. The second kappa shape index (κ2) is 11.9. The molecule has 7 heterocycles. The van der Waals surface area contributed by atoms with Gasteiger partial charge in [0.1, 0.15) is 34.8 Å². The normalized spacial score (nSPS) is 22.0. The number of aromatic nitrogens is 4. The molecule has 5 aromatic rings. The fourth-order valence-electron chi connectivity index (χ4n) is 7.81. The smallest absolute Gasteiger partial charge is 0.318 e. The molecular formula is C34H30ClF4N9O2S. The first-order valence-electron chi connectivity index (χ1n) is 16.2. The van der Waals surface area contributed by atoms with Gasteiger partial charge in [0.25, 0.3) is 5.92 Å². The van der Waals surface area contributed by atoms with Crippen LogP contribution in [0.4, 0.5) is 34.2 Å². The number of nitriles is 1. The van der Waals surface area contributed by atoms with Gasteiger partial charge in [-0.05, 0) is 38.8 Å². The lowest BCUT2D eigenvalue weighted by Gasteiger charge is -2.45. The van der Waals surface area contributed by atoms with E-state index in [1.807, 2.05) is 28.9 Å². The molecule has 51 heavy (non-hydrogen) atoms. The van der Waals surface area contributed by atoms with Crippen molar-refractivity contribution in [2.45, 2.75) is 56.2 Å². The molecule has 1 aromatic carbocycles. The highest BCUT2D eigenvalue weighted by Gasteiger charge is 2.80. The summed E-state index contributed by atoms with van der Waals surface area (Å²) in [6.07, 6.45) is 5.70. The van der Waals surface area contributed by atoms with E-state index in [4.69, 9.17) is 32.5 Å². The van der Waals surface area contributed by atoms with Crippen LogP contribution in [0.3, 0.4) is 0 Å². The number of hydrogen-bond donors (Lipinski definition) is 2. The van der Waals surface area contributed by atoms with Crippen molar-refractivity contribution < 1.29 is 27.0 Å². The van der Waals surface area contributed by atoms with Crippen molar-refractivity contribution >= 4 is 60.6 Å². The highest BCUT2D eigenvalue weighted by molar-refractivity contribution is 7.23. The van der Waals surface area contributed by atoms with Gasteiger partial charge in [0.15, 0.2) is 17.4 Å². The average molecular weight is 740 g/mol. The quantitative estimate of drug-likeness (QED) is 0.186. The fraction of sp³-hybridized carbons (Fsp3) is 0.382. The van der Waals surface area contributed by atoms with Crippen molar-refractivity contribution in [2.24, 2.45) is 0 Å². The first-order chi connectivity index (χ1) is 24.4. The number of benzene rings is 1. The number of methoxy groups -OCH3 is 1.